The Hall–Kier alpha value is -1.31. The zero-order valence-electron chi connectivity index (χ0n) is 16.2. The first-order chi connectivity index (χ1) is 12.8. The van der Waals surface area contributed by atoms with E-state index in [4.69, 9.17) is 9.73 Å². The summed E-state index contributed by atoms with van der Waals surface area (Å²) in [5.41, 5.74) is 0. The Morgan fingerprint density at radius 3 is 2.65 bits per heavy atom. The molecule has 2 saturated heterocycles. The Morgan fingerprint density at radius 1 is 1.23 bits per heavy atom. The molecule has 0 radical (unpaired) electrons. The second kappa shape index (κ2) is 10.1. The van der Waals surface area contributed by atoms with Gasteiger partial charge in [0, 0.05) is 58.9 Å². The summed E-state index contributed by atoms with van der Waals surface area (Å²) in [6.45, 7) is 15.4. The Labute approximate surface area is 161 Å². The number of rotatable bonds is 6. The molecule has 26 heavy (non-hydrogen) atoms. The van der Waals surface area contributed by atoms with Crippen LogP contribution in [0.4, 0.5) is 5.00 Å². The summed E-state index contributed by atoms with van der Waals surface area (Å²) in [5, 5.41) is 7.02. The summed E-state index contributed by atoms with van der Waals surface area (Å²) >= 11 is 1.83. The van der Waals surface area contributed by atoms with E-state index >= 15 is 0 Å². The molecule has 0 aromatic carbocycles. The molecule has 2 aliphatic rings. The summed E-state index contributed by atoms with van der Waals surface area (Å²) in [6, 6.07) is 4.35. The molecular weight excluding hydrogens is 346 g/mol. The van der Waals surface area contributed by atoms with Crippen LogP contribution >= 0.6 is 11.3 Å². The average Bonchev–Trinajstić information content (AvgIpc) is 3.21. The van der Waals surface area contributed by atoms with E-state index in [2.05, 4.69) is 51.4 Å². The fourth-order valence-electron chi connectivity index (χ4n) is 3.54. The van der Waals surface area contributed by atoms with Crippen LogP contribution < -0.4 is 10.2 Å². The van der Waals surface area contributed by atoms with Crippen LogP contribution in [-0.4, -0.2) is 87.9 Å². The molecule has 1 aromatic heterocycles. The quantitative estimate of drug-likeness (QED) is 0.603. The van der Waals surface area contributed by atoms with E-state index in [0.29, 0.717) is 5.92 Å². The molecule has 2 fully saturated rings. The van der Waals surface area contributed by atoms with Crippen molar-refractivity contribution in [1.82, 2.24) is 15.1 Å². The lowest BCUT2D eigenvalue weighted by Gasteiger charge is -2.37. The molecule has 7 heteroatoms. The van der Waals surface area contributed by atoms with E-state index in [0.717, 1.165) is 78.1 Å². The van der Waals surface area contributed by atoms with E-state index in [-0.39, 0.29) is 0 Å². The molecule has 0 bridgehead atoms. The largest absolute Gasteiger partial charge is 0.379 e. The second-order valence-electron chi connectivity index (χ2n) is 7.14. The molecule has 1 aromatic rings. The molecule has 0 amide bonds. The highest BCUT2D eigenvalue weighted by molar-refractivity contribution is 7.14. The van der Waals surface area contributed by atoms with Gasteiger partial charge in [0.1, 0.15) is 0 Å². The van der Waals surface area contributed by atoms with Crippen LogP contribution in [-0.2, 0) is 4.74 Å². The van der Waals surface area contributed by atoms with Gasteiger partial charge in [-0.2, -0.15) is 0 Å². The molecule has 146 valence electrons. The lowest BCUT2D eigenvalue weighted by molar-refractivity contribution is 0.0323. The van der Waals surface area contributed by atoms with Crippen LogP contribution in [0, 0.1) is 5.92 Å². The van der Waals surface area contributed by atoms with E-state index in [1.807, 2.05) is 11.3 Å². The highest BCUT2D eigenvalue weighted by Crippen LogP contribution is 2.22. The van der Waals surface area contributed by atoms with Crippen LogP contribution in [0.2, 0.25) is 0 Å². The van der Waals surface area contributed by atoms with Crippen LogP contribution in [0.25, 0.3) is 0 Å². The minimum atomic E-state index is 0.564. The predicted octanol–water partition coefficient (Wildman–Crippen LogP) is 1.80. The van der Waals surface area contributed by atoms with Gasteiger partial charge in [-0.3, -0.25) is 9.89 Å². The first kappa shape index (κ1) is 19.5. The molecular formula is C19H33N5OS. The molecule has 1 N–H and O–H groups in total. The summed E-state index contributed by atoms with van der Waals surface area (Å²) in [5.74, 6) is 1.64. The fraction of sp³-hybridized carbons (Fsp3) is 0.737. The molecule has 2 aliphatic heterocycles. The summed E-state index contributed by atoms with van der Waals surface area (Å²) in [6.07, 6.45) is 0. The van der Waals surface area contributed by atoms with Gasteiger partial charge in [0.25, 0.3) is 0 Å². The van der Waals surface area contributed by atoms with Crippen LogP contribution in [0.5, 0.6) is 0 Å². The van der Waals surface area contributed by atoms with Gasteiger partial charge in [0.2, 0.25) is 0 Å². The predicted molar refractivity (Wildman–Crippen MR) is 111 cm³/mol. The first-order valence-corrected chi connectivity index (χ1v) is 10.8. The lowest BCUT2D eigenvalue weighted by Crippen LogP contribution is -2.52. The van der Waals surface area contributed by atoms with E-state index in [9.17, 15) is 0 Å². The number of hydrogen-bond acceptors (Lipinski definition) is 5. The van der Waals surface area contributed by atoms with Crippen LogP contribution in [0.15, 0.2) is 22.5 Å². The van der Waals surface area contributed by atoms with Crippen LogP contribution in [0.3, 0.4) is 0 Å². The summed E-state index contributed by atoms with van der Waals surface area (Å²) in [4.78, 5) is 12.3. The molecule has 0 spiro atoms. The highest BCUT2D eigenvalue weighted by Gasteiger charge is 2.20. The van der Waals surface area contributed by atoms with Crippen molar-refractivity contribution in [1.29, 1.82) is 0 Å². The van der Waals surface area contributed by atoms with Gasteiger partial charge in [0.15, 0.2) is 5.96 Å². The number of morpholine rings is 1. The molecule has 6 nitrogen and oxygen atoms in total. The number of ether oxygens (including phenoxy) is 1. The molecule has 1 atom stereocenters. The summed E-state index contributed by atoms with van der Waals surface area (Å²) in [7, 11) is 0. The van der Waals surface area contributed by atoms with Gasteiger partial charge in [-0.05, 0) is 30.4 Å². The van der Waals surface area contributed by atoms with Crippen molar-refractivity contribution in [3.8, 4) is 0 Å². The van der Waals surface area contributed by atoms with Gasteiger partial charge in [-0.25, -0.2) is 0 Å². The van der Waals surface area contributed by atoms with Crippen LogP contribution in [0.1, 0.15) is 13.8 Å². The van der Waals surface area contributed by atoms with E-state index in [1.54, 1.807) is 0 Å². The minimum Gasteiger partial charge on any atom is -0.379 e. The molecule has 1 unspecified atom stereocenters. The van der Waals surface area contributed by atoms with E-state index < -0.39 is 0 Å². The van der Waals surface area contributed by atoms with E-state index in [1.165, 1.54) is 5.00 Å². The second-order valence-corrected chi connectivity index (χ2v) is 8.06. The van der Waals surface area contributed by atoms with Gasteiger partial charge >= 0.3 is 0 Å². The molecule has 0 aliphatic carbocycles. The molecule has 3 rings (SSSR count). The monoisotopic (exact) mass is 379 g/mol. The third kappa shape index (κ3) is 5.59. The Morgan fingerprint density at radius 2 is 2.00 bits per heavy atom. The third-order valence-corrected chi connectivity index (χ3v) is 5.89. The average molecular weight is 380 g/mol. The van der Waals surface area contributed by atoms with Crippen molar-refractivity contribution < 1.29 is 4.74 Å². The van der Waals surface area contributed by atoms with Gasteiger partial charge in [-0.1, -0.05) is 6.92 Å². The zero-order valence-corrected chi connectivity index (χ0v) is 17.0. The minimum absolute atomic E-state index is 0.564. The van der Waals surface area contributed by atoms with Crippen molar-refractivity contribution >= 4 is 22.3 Å². The van der Waals surface area contributed by atoms with Crippen molar-refractivity contribution in [3.63, 3.8) is 0 Å². The fourth-order valence-corrected chi connectivity index (χ4v) is 4.32. The van der Waals surface area contributed by atoms with Crippen molar-refractivity contribution in [3.05, 3.63) is 17.5 Å². The summed E-state index contributed by atoms with van der Waals surface area (Å²) < 4.78 is 5.44. The topological polar surface area (TPSA) is 43.3 Å². The van der Waals surface area contributed by atoms with Crippen molar-refractivity contribution in [2.45, 2.75) is 13.8 Å². The number of thiophene rings is 1. The molecule has 0 saturated carbocycles. The third-order valence-electron chi connectivity index (χ3n) is 4.96. The van der Waals surface area contributed by atoms with Gasteiger partial charge in [0.05, 0.1) is 18.2 Å². The smallest absolute Gasteiger partial charge is 0.194 e. The highest BCUT2D eigenvalue weighted by atomic mass is 32.1. The number of anilines is 1. The Bertz CT molecular complexity index is 536. The number of aliphatic imine (C=N–C) groups is 1. The standard InChI is InChI=1S/C19H33N5OS/c1-3-20-19(21-15-17(2)16-22-10-12-25-13-11-22)24-8-6-23(7-9-24)18-5-4-14-26-18/h4-5,14,17H,3,6-13,15-16H2,1-2H3,(H,20,21). The van der Waals surface area contributed by atoms with Gasteiger partial charge in [-0.15, -0.1) is 11.3 Å². The SMILES string of the molecule is CCNC(=NCC(C)CN1CCOCC1)N1CCN(c2cccs2)CC1. The van der Waals surface area contributed by atoms with Crippen molar-refractivity contribution in [2.24, 2.45) is 10.9 Å². The Kier molecular flexibility index (Phi) is 7.58. The maximum Gasteiger partial charge on any atom is 0.194 e. The zero-order chi connectivity index (χ0) is 18.2. The number of nitrogens with zero attached hydrogens (tertiary/aromatic N) is 4. The lowest BCUT2D eigenvalue weighted by atomic mass is 10.1. The maximum atomic E-state index is 5.44. The van der Waals surface area contributed by atoms with Crippen molar-refractivity contribution in [2.75, 3.05) is 77.0 Å². The number of hydrogen-bond donors (Lipinski definition) is 1. The number of piperazine rings is 1. The number of guanidine groups is 1. The van der Waals surface area contributed by atoms with Gasteiger partial charge < -0.3 is 19.9 Å². The normalized spacial score (nSPS) is 21.1. The first-order valence-electron chi connectivity index (χ1n) is 9.88. The number of nitrogens with one attached hydrogen (secondary N) is 1. The molecule has 3 heterocycles. The maximum absolute atomic E-state index is 5.44. The Balaban J connectivity index is 1.48.